The van der Waals surface area contributed by atoms with Crippen LogP contribution < -0.4 is 0 Å². The van der Waals surface area contributed by atoms with Gasteiger partial charge in [-0.15, -0.1) is 12.4 Å². The third kappa shape index (κ3) is 4.85. The SMILES string of the molecule is CC(C(=O)N1CCCCCC1)N1CCC(C(=O)O)CC1.Cl. The second kappa shape index (κ2) is 8.59. The summed E-state index contributed by atoms with van der Waals surface area (Å²) in [5, 5.41) is 9.01. The molecule has 2 fully saturated rings. The fourth-order valence-corrected chi connectivity index (χ4v) is 3.25. The van der Waals surface area contributed by atoms with E-state index in [-0.39, 0.29) is 30.3 Å². The number of likely N-dealkylation sites (tertiary alicyclic amines) is 2. The Bertz CT molecular complexity index is 349. The summed E-state index contributed by atoms with van der Waals surface area (Å²) in [4.78, 5) is 27.6. The van der Waals surface area contributed by atoms with E-state index in [4.69, 9.17) is 5.11 Å². The van der Waals surface area contributed by atoms with Crippen molar-refractivity contribution in [3.63, 3.8) is 0 Å². The molecule has 2 saturated heterocycles. The summed E-state index contributed by atoms with van der Waals surface area (Å²) in [5.74, 6) is -0.705. The van der Waals surface area contributed by atoms with E-state index < -0.39 is 5.97 Å². The molecule has 1 N–H and O–H groups in total. The van der Waals surface area contributed by atoms with Gasteiger partial charge in [-0.05, 0) is 45.7 Å². The molecule has 2 heterocycles. The number of aliphatic carboxylic acids is 1. The van der Waals surface area contributed by atoms with Crippen molar-refractivity contribution >= 4 is 24.3 Å². The molecule has 6 heteroatoms. The summed E-state index contributed by atoms with van der Waals surface area (Å²) in [6.07, 6.45) is 5.99. The molecule has 5 nitrogen and oxygen atoms in total. The van der Waals surface area contributed by atoms with Gasteiger partial charge in [0.25, 0.3) is 0 Å². The normalized spacial score (nSPS) is 23.0. The lowest BCUT2D eigenvalue weighted by Crippen LogP contribution is -2.50. The van der Waals surface area contributed by atoms with E-state index in [1.807, 2.05) is 11.8 Å². The summed E-state index contributed by atoms with van der Waals surface area (Å²) in [6, 6.07) is -0.108. The van der Waals surface area contributed by atoms with E-state index in [1.54, 1.807) is 0 Å². The van der Waals surface area contributed by atoms with Crippen molar-refractivity contribution in [2.24, 2.45) is 5.92 Å². The van der Waals surface area contributed by atoms with Gasteiger partial charge in [0.05, 0.1) is 12.0 Å². The molecule has 0 spiro atoms. The van der Waals surface area contributed by atoms with E-state index in [0.717, 1.165) is 39.0 Å². The smallest absolute Gasteiger partial charge is 0.306 e. The molecule has 0 aromatic heterocycles. The zero-order valence-corrected chi connectivity index (χ0v) is 13.6. The lowest BCUT2D eigenvalue weighted by Gasteiger charge is -2.36. The number of carbonyl (C=O) groups is 2. The Morgan fingerprint density at radius 1 is 1.00 bits per heavy atom. The van der Waals surface area contributed by atoms with Crippen LogP contribution in [-0.2, 0) is 9.59 Å². The van der Waals surface area contributed by atoms with Crippen LogP contribution in [0.4, 0.5) is 0 Å². The first-order valence-electron chi connectivity index (χ1n) is 7.85. The number of rotatable bonds is 3. The minimum Gasteiger partial charge on any atom is -0.481 e. The Labute approximate surface area is 133 Å². The number of hydrogen-bond acceptors (Lipinski definition) is 3. The van der Waals surface area contributed by atoms with Crippen LogP contribution in [0.15, 0.2) is 0 Å². The van der Waals surface area contributed by atoms with Crippen LogP contribution in [0.3, 0.4) is 0 Å². The Morgan fingerprint density at radius 2 is 1.52 bits per heavy atom. The highest BCUT2D eigenvalue weighted by atomic mass is 35.5. The van der Waals surface area contributed by atoms with Gasteiger partial charge >= 0.3 is 5.97 Å². The molecule has 1 atom stereocenters. The number of hydrogen-bond donors (Lipinski definition) is 1. The average Bonchev–Trinajstić information content (AvgIpc) is 2.75. The Hall–Kier alpha value is -0.810. The quantitative estimate of drug-likeness (QED) is 0.864. The van der Waals surface area contributed by atoms with Crippen LogP contribution in [0.25, 0.3) is 0 Å². The number of carbonyl (C=O) groups excluding carboxylic acids is 1. The third-order valence-corrected chi connectivity index (χ3v) is 4.70. The maximum atomic E-state index is 12.5. The van der Waals surface area contributed by atoms with Crippen molar-refractivity contribution in [3.8, 4) is 0 Å². The maximum Gasteiger partial charge on any atom is 0.306 e. The molecule has 21 heavy (non-hydrogen) atoms. The monoisotopic (exact) mass is 318 g/mol. The second-order valence-corrected chi connectivity index (χ2v) is 6.06. The van der Waals surface area contributed by atoms with Crippen molar-refractivity contribution < 1.29 is 14.7 Å². The minimum absolute atomic E-state index is 0. The van der Waals surface area contributed by atoms with Crippen LogP contribution >= 0.6 is 12.4 Å². The maximum absolute atomic E-state index is 12.5. The zero-order valence-electron chi connectivity index (χ0n) is 12.8. The summed E-state index contributed by atoms with van der Waals surface area (Å²) in [6.45, 7) is 5.17. The summed E-state index contributed by atoms with van der Waals surface area (Å²) < 4.78 is 0. The Balaban J connectivity index is 0.00000220. The van der Waals surface area contributed by atoms with E-state index in [2.05, 4.69) is 4.90 Å². The van der Waals surface area contributed by atoms with Crippen LogP contribution in [0, 0.1) is 5.92 Å². The first-order chi connectivity index (χ1) is 9.59. The minimum atomic E-state index is -0.698. The molecule has 0 radical (unpaired) electrons. The van der Waals surface area contributed by atoms with E-state index in [1.165, 1.54) is 12.8 Å². The van der Waals surface area contributed by atoms with E-state index in [9.17, 15) is 9.59 Å². The van der Waals surface area contributed by atoms with Gasteiger partial charge in [0.2, 0.25) is 5.91 Å². The molecule has 0 aromatic rings. The van der Waals surface area contributed by atoms with Crippen LogP contribution in [0.1, 0.15) is 45.4 Å². The number of piperidine rings is 1. The third-order valence-electron chi connectivity index (χ3n) is 4.70. The standard InChI is InChI=1S/C15H26N2O3.ClH/c1-12(14(18)17-8-4-2-3-5-9-17)16-10-6-13(7-11-16)15(19)20;/h12-13H,2-11H2,1H3,(H,19,20);1H. The first-order valence-corrected chi connectivity index (χ1v) is 7.85. The van der Waals surface area contributed by atoms with Crippen molar-refractivity contribution in [1.29, 1.82) is 0 Å². The Kier molecular flexibility index (Phi) is 7.46. The molecule has 2 aliphatic rings. The Morgan fingerprint density at radius 3 is 2.00 bits per heavy atom. The largest absolute Gasteiger partial charge is 0.481 e. The molecule has 0 aromatic carbocycles. The number of nitrogens with zero attached hydrogens (tertiary/aromatic N) is 2. The summed E-state index contributed by atoms with van der Waals surface area (Å²) >= 11 is 0. The van der Waals surface area contributed by atoms with Gasteiger partial charge in [0, 0.05) is 13.1 Å². The topological polar surface area (TPSA) is 60.9 Å². The highest BCUT2D eigenvalue weighted by molar-refractivity contribution is 5.85. The second-order valence-electron chi connectivity index (χ2n) is 6.06. The van der Waals surface area contributed by atoms with Crippen LogP contribution in [0.2, 0.25) is 0 Å². The summed E-state index contributed by atoms with van der Waals surface area (Å²) in [7, 11) is 0. The predicted octanol–water partition coefficient (Wildman–Crippen LogP) is 2.00. The van der Waals surface area contributed by atoms with Gasteiger partial charge in [0.15, 0.2) is 0 Å². The highest BCUT2D eigenvalue weighted by Crippen LogP contribution is 2.20. The molecule has 2 aliphatic heterocycles. The van der Waals surface area contributed by atoms with Crippen molar-refractivity contribution in [1.82, 2.24) is 9.80 Å². The molecule has 122 valence electrons. The van der Waals surface area contributed by atoms with E-state index in [0.29, 0.717) is 12.8 Å². The molecule has 0 aliphatic carbocycles. The highest BCUT2D eigenvalue weighted by Gasteiger charge is 2.31. The molecular formula is C15H27ClN2O3. The van der Waals surface area contributed by atoms with Gasteiger partial charge in [-0.25, -0.2) is 0 Å². The summed E-state index contributed by atoms with van der Waals surface area (Å²) in [5.41, 5.74) is 0. The van der Waals surface area contributed by atoms with Crippen LogP contribution in [0.5, 0.6) is 0 Å². The van der Waals surface area contributed by atoms with Crippen LogP contribution in [-0.4, -0.2) is 59.0 Å². The predicted molar refractivity (Wildman–Crippen MR) is 83.7 cm³/mol. The zero-order chi connectivity index (χ0) is 14.5. The number of amides is 1. The lowest BCUT2D eigenvalue weighted by molar-refractivity contribution is -0.144. The fraction of sp³-hybridized carbons (Fsp3) is 0.867. The number of halogens is 1. The van der Waals surface area contributed by atoms with Gasteiger partial charge < -0.3 is 10.0 Å². The molecular weight excluding hydrogens is 292 g/mol. The van der Waals surface area contributed by atoms with Crippen molar-refractivity contribution in [2.45, 2.75) is 51.5 Å². The lowest BCUT2D eigenvalue weighted by atomic mass is 9.96. The molecule has 1 unspecified atom stereocenters. The first kappa shape index (κ1) is 18.2. The average molecular weight is 319 g/mol. The van der Waals surface area contributed by atoms with Gasteiger partial charge in [-0.1, -0.05) is 12.8 Å². The van der Waals surface area contributed by atoms with Gasteiger partial charge in [-0.3, -0.25) is 14.5 Å². The number of carboxylic acid groups (broad SMARTS) is 1. The number of carboxylic acids is 1. The van der Waals surface area contributed by atoms with E-state index >= 15 is 0 Å². The molecule has 0 bridgehead atoms. The molecule has 0 saturated carbocycles. The van der Waals surface area contributed by atoms with Crippen molar-refractivity contribution in [3.05, 3.63) is 0 Å². The fourth-order valence-electron chi connectivity index (χ4n) is 3.25. The molecule has 2 rings (SSSR count). The van der Waals surface area contributed by atoms with Gasteiger partial charge in [-0.2, -0.15) is 0 Å². The molecule has 1 amide bonds. The van der Waals surface area contributed by atoms with Crippen molar-refractivity contribution in [2.75, 3.05) is 26.2 Å². The van der Waals surface area contributed by atoms with Gasteiger partial charge in [0.1, 0.15) is 0 Å².